The maximum atomic E-state index is 13.9. The molecule has 2 aliphatic heterocycles. The number of rotatable bonds is 4. The molecular weight excluding hydrogens is 370 g/mol. The summed E-state index contributed by atoms with van der Waals surface area (Å²) in [6.07, 6.45) is 4.20. The minimum Gasteiger partial charge on any atom is -0.380 e. The number of piperidine rings is 1. The smallest absolute Gasteiger partial charge is 0.159 e. The highest BCUT2D eigenvalue weighted by molar-refractivity contribution is 5.37. The fourth-order valence-corrected chi connectivity index (χ4v) is 5.02. The van der Waals surface area contributed by atoms with Gasteiger partial charge in [0, 0.05) is 12.1 Å². The molecule has 4 rings (SSSR count). The van der Waals surface area contributed by atoms with Crippen molar-refractivity contribution < 1.29 is 22.7 Å². The zero-order valence-corrected chi connectivity index (χ0v) is 15.6. The number of hydrogen-bond donors (Lipinski definition) is 1. The van der Waals surface area contributed by atoms with Crippen LogP contribution in [0, 0.1) is 29.2 Å². The third-order valence-electron chi connectivity index (χ3n) is 6.57. The molecule has 0 amide bonds. The maximum absolute atomic E-state index is 13.9. The van der Waals surface area contributed by atoms with Gasteiger partial charge in [-0.15, -0.1) is 0 Å². The van der Waals surface area contributed by atoms with Crippen molar-refractivity contribution in [2.24, 2.45) is 5.92 Å². The van der Waals surface area contributed by atoms with Gasteiger partial charge in [0.15, 0.2) is 23.3 Å². The van der Waals surface area contributed by atoms with E-state index in [4.69, 9.17) is 0 Å². The van der Waals surface area contributed by atoms with Crippen molar-refractivity contribution in [2.75, 3.05) is 7.05 Å². The Labute approximate surface area is 161 Å². The summed E-state index contributed by atoms with van der Waals surface area (Å²) in [6, 6.07) is 7.28. The third kappa shape index (κ3) is 3.33. The Kier molecular flexibility index (Phi) is 4.96. The number of benzene rings is 2. The molecule has 0 spiro atoms. The normalized spacial score (nSPS) is 25.3. The molecule has 0 aliphatic carbocycles. The summed E-state index contributed by atoms with van der Waals surface area (Å²) >= 11 is 0. The minimum absolute atomic E-state index is 0.139. The van der Waals surface area contributed by atoms with Gasteiger partial charge in [0.25, 0.3) is 0 Å². The molecule has 2 bridgehead atoms. The number of hydrogen-bond acceptors (Lipinski definition) is 2. The second-order valence-electron chi connectivity index (χ2n) is 8.21. The van der Waals surface area contributed by atoms with Crippen LogP contribution in [0.15, 0.2) is 36.4 Å². The van der Waals surface area contributed by atoms with E-state index in [1.165, 1.54) is 12.1 Å². The molecule has 2 nitrogen and oxygen atoms in total. The monoisotopic (exact) mass is 393 g/mol. The molecule has 2 aromatic rings. The molecule has 6 heteroatoms. The summed E-state index contributed by atoms with van der Waals surface area (Å²) in [5, 5.41) is 11.6. The van der Waals surface area contributed by atoms with Crippen LogP contribution in [0.2, 0.25) is 0 Å². The van der Waals surface area contributed by atoms with Gasteiger partial charge in [0.05, 0.1) is 0 Å². The molecule has 2 fully saturated rings. The first-order chi connectivity index (χ1) is 13.3. The zero-order chi connectivity index (χ0) is 20.1. The standard InChI is InChI=1S/C22H23F4NO/c1-27-16-4-5-17(27)9-13(8-16)12-22(28,14-2-6-18(23)20(25)10-14)15-3-7-19(24)21(26)11-15/h2-3,6-7,10-11,13,16-17,28H,4-5,8-9,12H2,1H3. The van der Waals surface area contributed by atoms with Gasteiger partial charge in [-0.05, 0) is 80.5 Å². The predicted molar refractivity (Wildman–Crippen MR) is 97.6 cm³/mol. The van der Waals surface area contributed by atoms with E-state index in [9.17, 15) is 22.7 Å². The van der Waals surface area contributed by atoms with E-state index in [1.807, 2.05) is 0 Å². The molecule has 2 aromatic carbocycles. The fraction of sp³-hybridized carbons (Fsp3) is 0.455. The van der Waals surface area contributed by atoms with Gasteiger partial charge in [-0.25, -0.2) is 17.6 Å². The topological polar surface area (TPSA) is 23.5 Å². The van der Waals surface area contributed by atoms with Crippen LogP contribution in [0.1, 0.15) is 43.2 Å². The van der Waals surface area contributed by atoms with Crippen molar-refractivity contribution in [3.8, 4) is 0 Å². The van der Waals surface area contributed by atoms with E-state index in [0.29, 0.717) is 12.1 Å². The van der Waals surface area contributed by atoms with Gasteiger partial charge >= 0.3 is 0 Å². The molecule has 2 saturated heterocycles. The van der Waals surface area contributed by atoms with Crippen molar-refractivity contribution in [3.63, 3.8) is 0 Å². The van der Waals surface area contributed by atoms with Gasteiger partial charge in [-0.1, -0.05) is 12.1 Å². The van der Waals surface area contributed by atoms with Crippen LogP contribution in [0.5, 0.6) is 0 Å². The molecule has 2 atom stereocenters. The Morgan fingerprint density at radius 3 is 1.75 bits per heavy atom. The lowest BCUT2D eigenvalue weighted by Gasteiger charge is -2.40. The SMILES string of the molecule is CN1C2CCC1CC(CC(O)(c1ccc(F)c(F)c1)c1ccc(F)c(F)c1)C2. The van der Waals surface area contributed by atoms with Crippen LogP contribution in [-0.4, -0.2) is 29.1 Å². The number of nitrogens with zero attached hydrogens (tertiary/aromatic N) is 1. The van der Waals surface area contributed by atoms with E-state index >= 15 is 0 Å². The van der Waals surface area contributed by atoms with Gasteiger partial charge in [0.1, 0.15) is 5.60 Å². The summed E-state index contributed by atoms with van der Waals surface area (Å²) in [4.78, 5) is 2.37. The molecule has 0 radical (unpaired) electrons. The van der Waals surface area contributed by atoms with Gasteiger partial charge in [-0.3, -0.25) is 0 Å². The lowest BCUT2D eigenvalue weighted by atomic mass is 9.75. The Balaban J connectivity index is 1.72. The van der Waals surface area contributed by atoms with E-state index in [1.54, 1.807) is 0 Å². The highest BCUT2D eigenvalue weighted by Gasteiger charge is 2.43. The van der Waals surface area contributed by atoms with Crippen LogP contribution < -0.4 is 0 Å². The van der Waals surface area contributed by atoms with Crippen LogP contribution in [0.3, 0.4) is 0 Å². The summed E-state index contributed by atoms with van der Waals surface area (Å²) in [5.41, 5.74) is -1.45. The number of halogens is 4. The van der Waals surface area contributed by atoms with Gasteiger partial charge in [0.2, 0.25) is 0 Å². The lowest BCUT2D eigenvalue weighted by Crippen LogP contribution is -2.42. The molecule has 0 aromatic heterocycles. The maximum Gasteiger partial charge on any atom is 0.159 e. The van der Waals surface area contributed by atoms with E-state index in [2.05, 4.69) is 11.9 Å². The zero-order valence-electron chi connectivity index (χ0n) is 15.6. The Morgan fingerprint density at radius 1 is 0.857 bits per heavy atom. The van der Waals surface area contributed by atoms with E-state index < -0.39 is 28.9 Å². The second kappa shape index (κ2) is 7.16. The highest BCUT2D eigenvalue weighted by atomic mass is 19.2. The van der Waals surface area contributed by atoms with Crippen molar-refractivity contribution in [1.82, 2.24) is 4.90 Å². The molecular formula is C22H23F4NO. The largest absolute Gasteiger partial charge is 0.380 e. The summed E-state index contributed by atoms with van der Waals surface area (Å²) in [5.74, 6) is -4.06. The van der Waals surface area contributed by atoms with Gasteiger partial charge < -0.3 is 10.0 Å². The van der Waals surface area contributed by atoms with E-state index in [-0.39, 0.29) is 23.5 Å². The molecule has 2 aliphatic rings. The quantitative estimate of drug-likeness (QED) is 0.759. The Hall–Kier alpha value is -1.92. The summed E-state index contributed by atoms with van der Waals surface area (Å²) in [6.45, 7) is 0. The molecule has 2 unspecified atom stereocenters. The van der Waals surface area contributed by atoms with Crippen molar-refractivity contribution >= 4 is 0 Å². The first kappa shape index (κ1) is 19.4. The fourth-order valence-electron chi connectivity index (χ4n) is 5.02. The summed E-state index contributed by atoms with van der Waals surface area (Å²) in [7, 11) is 2.11. The minimum atomic E-state index is -1.73. The number of aliphatic hydroxyl groups is 1. The van der Waals surface area contributed by atoms with Crippen LogP contribution >= 0.6 is 0 Å². The molecule has 1 N–H and O–H groups in total. The Morgan fingerprint density at radius 2 is 1.32 bits per heavy atom. The van der Waals surface area contributed by atoms with E-state index in [0.717, 1.165) is 49.9 Å². The second-order valence-corrected chi connectivity index (χ2v) is 8.21. The van der Waals surface area contributed by atoms with Crippen molar-refractivity contribution in [1.29, 1.82) is 0 Å². The summed E-state index contributed by atoms with van der Waals surface area (Å²) < 4.78 is 54.7. The predicted octanol–water partition coefficient (Wildman–Crippen LogP) is 4.74. The van der Waals surface area contributed by atoms with Crippen molar-refractivity contribution in [3.05, 3.63) is 70.8 Å². The highest BCUT2D eigenvalue weighted by Crippen LogP contribution is 2.44. The number of fused-ring (bicyclic) bond motifs is 2. The molecule has 0 saturated carbocycles. The first-order valence-corrected chi connectivity index (χ1v) is 9.63. The average Bonchev–Trinajstić information content (AvgIpc) is 2.87. The Bertz CT molecular complexity index is 821. The van der Waals surface area contributed by atoms with Crippen molar-refractivity contribution in [2.45, 2.75) is 49.8 Å². The molecule has 150 valence electrons. The van der Waals surface area contributed by atoms with Crippen LogP contribution in [-0.2, 0) is 5.60 Å². The van der Waals surface area contributed by atoms with Gasteiger partial charge in [-0.2, -0.15) is 0 Å². The van der Waals surface area contributed by atoms with Crippen LogP contribution in [0.4, 0.5) is 17.6 Å². The molecule has 2 heterocycles. The van der Waals surface area contributed by atoms with Crippen LogP contribution in [0.25, 0.3) is 0 Å². The first-order valence-electron chi connectivity index (χ1n) is 9.63. The average molecular weight is 393 g/mol. The third-order valence-corrected chi connectivity index (χ3v) is 6.57. The lowest BCUT2D eigenvalue weighted by molar-refractivity contribution is 0.0262. The molecule has 28 heavy (non-hydrogen) atoms.